The summed E-state index contributed by atoms with van der Waals surface area (Å²) in [5, 5.41) is 27.1. The van der Waals surface area contributed by atoms with Crippen molar-refractivity contribution in [2.24, 2.45) is 69.7 Å². The second-order valence-electron chi connectivity index (χ2n) is 47.1. The molecule has 722 valence electrons. The molecule has 0 N–H and O–H groups in total. The van der Waals surface area contributed by atoms with Crippen LogP contribution in [0.15, 0.2) is 175 Å². The SMILES string of the molecule is Cc1cccc2c1N1C(C)c3c(cnn3C)C1(C)C(C)(C)C2(C)C.Cc1cccc2c1N1C(C)c3c(cnn3C)C1(C)C(C)(C)C2(C)C.Cc1ccccc1N1C(C)c2c(cnn2C)C12C1CC3CC(C1)CC2C3.Cc1ccccc1N1C(C)c2c(cnn2C)C12CCCC2.Cc1ccccc1N1C(C)c2c(cnn2C)C12CCCCC2.Cc1ccccc1N1C(C)c2oncc2C12CCCC2. The molecular weight excluding hydrogens is 1680 g/mol. The zero-order chi connectivity index (χ0) is 96.6. The summed E-state index contributed by atoms with van der Waals surface area (Å²) in [5.41, 5.74) is 35.9. The van der Waals surface area contributed by atoms with Gasteiger partial charge in [0.15, 0.2) is 5.76 Å². The van der Waals surface area contributed by atoms with Crippen LogP contribution in [0.2, 0.25) is 0 Å². The van der Waals surface area contributed by atoms with E-state index in [1.165, 1.54) is 250 Å². The lowest BCUT2D eigenvalue weighted by Gasteiger charge is -2.63. The first-order chi connectivity index (χ1) is 65.3. The van der Waals surface area contributed by atoms with E-state index < -0.39 is 0 Å². The van der Waals surface area contributed by atoms with Crippen LogP contribution in [0.5, 0.6) is 0 Å². The normalized spacial score (nSPS) is 28.4. The maximum Gasteiger partial charge on any atom is 0.164 e. The summed E-state index contributed by atoms with van der Waals surface area (Å²) < 4.78 is 16.1. The topological polar surface area (TPSA) is 135 Å². The number of nitrogens with zero attached hydrogens (tertiary/aromatic N) is 17. The van der Waals surface area contributed by atoms with Gasteiger partial charge in [0.1, 0.15) is 0 Å². The fourth-order valence-corrected chi connectivity index (χ4v) is 32.5. The Bertz CT molecular complexity index is 6430. The average Bonchev–Trinajstić information content (AvgIpc) is 1.52. The third-order valence-corrected chi connectivity index (χ3v) is 40.2. The van der Waals surface area contributed by atoms with Gasteiger partial charge in [-0.2, -0.15) is 25.5 Å². The van der Waals surface area contributed by atoms with Gasteiger partial charge in [-0.25, -0.2) is 0 Å². The number of aromatic nitrogens is 11. The molecular formula is C119H155N17O. The third kappa shape index (κ3) is 12.7. The van der Waals surface area contributed by atoms with Gasteiger partial charge in [0.2, 0.25) is 0 Å². The molecule has 4 spiro atoms. The lowest BCUT2D eigenvalue weighted by atomic mass is 9.47. The number of anilines is 6. The van der Waals surface area contributed by atoms with Gasteiger partial charge in [0.05, 0.1) is 135 Å². The van der Waals surface area contributed by atoms with E-state index >= 15 is 0 Å². The van der Waals surface area contributed by atoms with Crippen LogP contribution in [0.1, 0.15) is 375 Å². The van der Waals surface area contributed by atoms with Crippen LogP contribution in [0.25, 0.3) is 0 Å². The van der Waals surface area contributed by atoms with Crippen molar-refractivity contribution in [1.82, 2.24) is 54.1 Å². The predicted molar refractivity (Wildman–Crippen MR) is 557 cm³/mol. The van der Waals surface area contributed by atoms with Crippen LogP contribution >= 0.6 is 0 Å². The van der Waals surface area contributed by atoms with Crippen molar-refractivity contribution in [3.63, 3.8) is 0 Å². The van der Waals surface area contributed by atoms with E-state index in [2.05, 4.69) is 430 Å². The van der Waals surface area contributed by atoms with Crippen molar-refractivity contribution in [2.75, 3.05) is 29.4 Å². The van der Waals surface area contributed by atoms with Crippen molar-refractivity contribution in [2.45, 2.75) is 348 Å². The third-order valence-electron chi connectivity index (χ3n) is 40.2. The van der Waals surface area contributed by atoms with Gasteiger partial charge in [-0.3, -0.25) is 23.4 Å². The van der Waals surface area contributed by atoms with E-state index in [9.17, 15) is 0 Å². The molecule has 14 heterocycles. The Labute approximate surface area is 817 Å². The lowest BCUT2D eigenvalue weighted by Crippen LogP contribution is -2.62. The number of rotatable bonds is 4. The first kappa shape index (κ1) is 92.7. The lowest BCUT2D eigenvalue weighted by molar-refractivity contribution is -0.0603. The van der Waals surface area contributed by atoms with Crippen molar-refractivity contribution < 1.29 is 4.52 Å². The maximum atomic E-state index is 5.57. The summed E-state index contributed by atoms with van der Waals surface area (Å²) in [6.45, 7) is 51.6. The number of hydrogen-bond donors (Lipinski definition) is 0. The number of fused-ring (bicyclic) bond motifs is 17. The van der Waals surface area contributed by atoms with Crippen molar-refractivity contribution in [3.8, 4) is 0 Å². The summed E-state index contributed by atoms with van der Waals surface area (Å²) in [4.78, 5) is 16.2. The van der Waals surface area contributed by atoms with E-state index in [0.717, 1.165) is 29.4 Å². The van der Waals surface area contributed by atoms with Gasteiger partial charge in [0, 0.05) is 114 Å². The molecule has 27 rings (SSSR count). The largest absolute Gasteiger partial charge is 0.359 e. The van der Waals surface area contributed by atoms with Crippen LogP contribution in [0, 0.1) is 76.0 Å². The summed E-state index contributed by atoms with van der Waals surface area (Å²) in [6, 6.07) is 51.1. The molecule has 0 amide bonds. The van der Waals surface area contributed by atoms with Gasteiger partial charge < -0.3 is 33.9 Å². The van der Waals surface area contributed by atoms with Crippen molar-refractivity contribution in [3.05, 3.63) is 283 Å². The Kier molecular flexibility index (Phi) is 22.2. The van der Waals surface area contributed by atoms with Gasteiger partial charge in [-0.15, -0.1) is 0 Å². The van der Waals surface area contributed by atoms with E-state index in [-0.39, 0.29) is 60.9 Å². The summed E-state index contributed by atoms with van der Waals surface area (Å²) in [5.74, 6) is 4.63. The zero-order valence-electron chi connectivity index (χ0n) is 87.7. The minimum absolute atomic E-state index is 0.0589. The van der Waals surface area contributed by atoms with Gasteiger partial charge >= 0.3 is 0 Å². The molecule has 7 saturated carbocycles. The van der Waals surface area contributed by atoms with Crippen LogP contribution < -0.4 is 29.4 Å². The fraction of sp³-hybridized carbons (Fsp3) is 0.546. The fourth-order valence-electron chi connectivity index (χ4n) is 32.5. The number of hydrogen-bond acceptors (Lipinski definition) is 13. The Hall–Kier alpha value is -10.6. The van der Waals surface area contributed by atoms with Crippen LogP contribution in [0.3, 0.4) is 0 Å². The second kappa shape index (κ2) is 32.7. The summed E-state index contributed by atoms with van der Waals surface area (Å²) >= 11 is 0. The first-order valence-corrected chi connectivity index (χ1v) is 52.5. The molecule has 8 atom stereocenters. The Balaban J connectivity index is 0.0000000983. The molecule has 137 heavy (non-hydrogen) atoms. The molecule has 18 nitrogen and oxygen atoms in total. The molecule has 15 aliphatic rings. The molecule has 8 aliphatic heterocycles. The minimum Gasteiger partial charge on any atom is -0.359 e. The number of aryl methyl sites for hydroxylation is 11. The predicted octanol–water partition coefficient (Wildman–Crippen LogP) is 27.5. The molecule has 6 aromatic carbocycles. The number of para-hydroxylation sites is 6. The smallest absolute Gasteiger partial charge is 0.164 e. The van der Waals surface area contributed by atoms with E-state index in [0.29, 0.717) is 30.2 Å². The molecule has 6 aromatic heterocycles. The van der Waals surface area contributed by atoms with E-state index in [4.69, 9.17) is 9.62 Å². The number of benzene rings is 6. The maximum absolute atomic E-state index is 5.57. The Morgan fingerprint density at radius 1 is 0.277 bits per heavy atom. The minimum atomic E-state index is -0.0708. The summed E-state index contributed by atoms with van der Waals surface area (Å²) in [7, 11) is 10.5. The molecule has 8 unspecified atom stereocenters. The monoisotopic (exact) mass is 1840 g/mol. The molecule has 4 bridgehead atoms. The molecule has 7 fully saturated rings. The first-order valence-electron chi connectivity index (χ1n) is 52.5. The summed E-state index contributed by atoms with van der Waals surface area (Å²) in [6.07, 6.45) is 36.5. The highest BCUT2D eigenvalue weighted by atomic mass is 16.5. The quantitative estimate of drug-likeness (QED) is 0.166. The van der Waals surface area contributed by atoms with Gasteiger partial charge in [-0.05, 0) is 271 Å². The van der Waals surface area contributed by atoms with Crippen LogP contribution in [-0.2, 0) is 79.3 Å². The van der Waals surface area contributed by atoms with E-state index in [1.54, 1.807) is 5.56 Å². The molecule has 18 heteroatoms. The average molecular weight is 1840 g/mol. The molecule has 0 radical (unpaired) electrons. The van der Waals surface area contributed by atoms with Crippen LogP contribution in [-0.4, -0.2) is 54.1 Å². The van der Waals surface area contributed by atoms with Gasteiger partial charge in [-0.1, -0.05) is 215 Å². The molecule has 0 saturated heterocycles. The van der Waals surface area contributed by atoms with Crippen molar-refractivity contribution >= 4 is 34.1 Å². The Morgan fingerprint density at radius 2 is 0.562 bits per heavy atom. The highest BCUT2D eigenvalue weighted by Gasteiger charge is 2.69. The zero-order valence-corrected chi connectivity index (χ0v) is 87.7. The Morgan fingerprint density at radius 3 is 0.927 bits per heavy atom. The standard InChI is InChI=1S/C23H29N3.2C21H29N3.C19H25N3.C18H23N3.C17H20N2O/c1-14-6-4-5-7-21(14)26-15(2)22-20(13-24-25(22)3)23(26)18-9-16-8-17(11-18)12-19(23)10-16;2*1-13-10-9-11-15-17(13)24-14(2)18-16(12-22-23(18)8)21(24,7)20(5,6)19(15,3)4;1-14-9-5-6-10-17(14)22-15(2)18-16(13-20-21(18)3)19(22)11-7-4-8-12-19;1-13-8-4-5-9-16(13)21-14(2)17-15(12-19-20(17)3)18(21)10-6-7-11-18;1-12-7-3-4-8-15(12)19-13(2)16-14(11-18-20-16)17(19)9-5-6-10-17/h4-7,13,15-19H,8-12H2,1-3H3;2*9-12,14H,1-8H3;5-6,9-10,13,15H,4,7-8,11-12H2,1-3H3;4-5,8-9,12,14H,6-7,10-11H2,1-3H3;3-4,7-8,11,13H,5-6,9-10H2,1-2H3. The van der Waals surface area contributed by atoms with Gasteiger partial charge in [0.25, 0.3) is 0 Å². The molecule has 12 aromatic rings. The second-order valence-corrected chi connectivity index (χ2v) is 47.1. The van der Waals surface area contributed by atoms with E-state index in [1.807, 2.05) is 6.20 Å². The van der Waals surface area contributed by atoms with Crippen molar-refractivity contribution in [1.29, 1.82) is 0 Å². The molecule has 7 aliphatic carbocycles. The van der Waals surface area contributed by atoms with Crippen LogP contribution in [0.4, 0.5) is 34.1 Å². The highest BCUT2D eigenvalue weighted by molar-refractivity contribution is 5.75. The highest BCUT2D eigenvalue weighted by Crippen LogP contribution is 2.73.